The lowest BCUT2D eigenvalue weighted by Crippen LogP contribution is -2.22. The lowest BCUT2D eigenvalue weighted by molar-refractivity contribution is 0.652. The van der Waals surface area contributed by atoms with Crippen LogP contribution in [0.1, 0.15) is 16.8 Å². The topological polar surface area (TPSA) is 76.5 Å². The van der Waals surface area contributed by atoms with Crippen molar-refractivity contribution in [2.24, 2.45) is 0 Å². The van der Waals surface area contributed by atoms with E-state index in [0.29, 0.717) is 18.4 Å². The van der Waals surface area contributed by atoms with Gasteiger partial charge >= 0.3 is 0 Å². The zero-order valence-corrected chi connectivity index (χ0v) is 11.4. The highest BCUT2D eigenvalue weighted by atomic mass is 16.1. The molecule has 0 bridgehead atoms. The van der Waals surface area contributed by atoms with Gasteiger partial charge in [0, 0.05) is 13.0 Å². The molecule has 2 aromatic heterocycles. The second kappa shape index (κ2) is 4.88. The third-order valence-corrected chi connectivity index (χ3v) is 3.34. The van der Waals surface area contributed by atoms with Crippen LogP contribution < -0.4 is 5.56 Å². The molecule has 0 atom stereocenters. The molecule has 0 saturated carbocycles. The Balaban J connectivity index is 2.00. The van der Waals surface area contributed by atoms with Crippen LogP contribution in [0, 0.1) is 13.8 Å². The molecule has 102 valence electrons. The van der Waals surface area contributed by atoms with Gasteiger partial charge in [-0.15, -0.1) is 0 Å². The Kier molecular flexibility index (Phi) is 3.06. The molecular weight excluding hydrogens is 254 g/mol. The van der Waals surface area contributed by atoms with Gasteiger partial charge in [0.1, 0.15) is 0 Å². The Morgan fingerprint density at radius 2 is 2.15 bits per heavy atom. The van der Waals surface area contributed by atoms with Crippen molar-refractivity contribution < 1.29 is 0 Å². The Bertz CT molecular complexity index is 804. The minimum Gasteiger partial charge on any atom is -0.298 e. The molecule has 6 heteroatoms. The first-order chi connectivity index (χ1) is 9.65. The number of hydrogen-bond acceptors (Lipinski definition) is 4. The fourth-order valence-electron chi connectivity index (χ4n) is 2.37. The summed E-state index contributed by atoms with van der Waals surface area (Å²) in [4.78, 5) is 16.9. The van der Waals surface area contributed by atoms with Gasteiger partial charge in [0.05, 0.1) is 29.1 Å². The van der Waals surface area contributed by atoms with Crippen molar-refractivity contribution in [2.75, 3.05) is 0 Å². The average molecular weight is 269 g/mol. The summed E-state index contributed by atoms with van der Waals surface area (Å²) in [6.07, 6.45) is 3.91. The van der Waals surface area contributed by atoms with Gasteiger partial charge in [-0.2, -0.15) is 15.4 Å². The molecule has 3 rings (SSSR count). The van der Waals surface area contributed by atoms with Crippen LogP contribution in [-0.2, 0) is 13.0 Å². The maximum Gasteiger partial charge on any atom is 0.261 e. The minimum atomic E-state index is -0.00899. The summed E-state index contributed by atoms with van der Waals surface area (Å²) in [6.45, 7) is 4.50. The number of aryl methyl sites for hydroxylation is 4. The fraction of sp³-hybridized carbons (Fsp3) is 0.286. The summed E-state index contributed by atoms with van der Waals surface area (Å²) >= 11 is 0. The molecule has 0 saturated heterocycles. The first-order valence-corrected chi connectivity index (χ1v) is 6.46. The fourth-order valence-corrected chi connectivity index (χ4v) is 2.37. The molecule has 20 heavy (non-hydrogen) atoms. The van der Waals surface area contributed by atoms with Crippen molar-refractivity contribution in [3.63, 3.8) is 0 Å². The summed E-state index contributed by atoms with van der Waals surface area (Å²) in [5, 5.41) is 11.0. The number of H-pyrrole nitrogens is 1. The Hall–Kier alpha value is -2.50. The standard InChI is InChI=1S/C14H15N5O/c1-9-5-10(2)13-12(6-9)14(20)19(8-15-13)4-3-11-7-16-18-17-11/h5-8H,3-4H2,1-2H3,(H,16,17,18). The smallest absolute Gasteiger partial charge is 0.261 e. The van der Waals surface area contributed by atoms with Crippen LogP contribution in [0.3, 0.4) is 0 Å². The lowest BCUT2D eigenvalue weighted by Gasteiger charge is -2.07. The maximum atomic E-state index is 12.5. The van der Waals surface area contributed by atoms with Crippen LogP contribution in [0.25, 0.3) is 10.9 Å². The van der Waals surface area contributed by atoms with E-state index in [1.54, 1.807) is 17.1 Å². The summed E-state index contributed by atoms with van der Waals surface area (Å²) < 4.78 is 1.62. The van der Waals surface area contributed by atoms with E-state index in [1.165, 1.54) is 0 Å². The Morgan fingerprint density at radius 1 is 1.30 bits per heavy atom. The monoisotopic (exact) mass is 269 g/mol. The molecule has 0 unspecified atom stereocenters. The summed E-state index contributed by atoms with van der Waals surface area (Å²) in [5.41, 5.74) is 3.70. The molecule has 1 N–H and O–H groups in total. The van der Waals surface area contributed by atoms with Crippen molar-refractivity contribution in [3.05, 3.63) is 51.8 Å². The molecule has 3 aromatic rings. The zero-order chi connectivity index (χ0) is 14.1. The maximum absolute atomic E-state index is 12.5. The number of nitrogens with one attached hydrogen (secondary N) is 1. The molecule has 2 heterocycles. The molecule has 0 fully saturated rings. The third-order valence-electron chi connectivity index (χ3n) is 3.34. The van der Waals surface area contributed by atoms with Gasteiger partial charge in [0.2, 0.25) is 0 Å². The minimum absolute atomic E-state index is 0.00899. The number of benzene rings is 1. The average Bonchev–Trinajstić information content (AvgIpc) is 2.92. The molecule has 0 spiro atoms. The van der Waals surface area contributed by atoms with Gasteiger partial charge in [0.15, 0.2) is 0 Å². The van der Waals surface area contributed by atoms with E-state index in [0.717, 1.165) is 22.3 Å². The predicted molar refractivity (Wildman–Crippen MR) is 75.6 cm³/mol. The summed E-state index contributed by atoms with van der Waals surface area (Å²) in [6, 6.07) is 3.93. The summed E-state index contributed by atoms with van der Waals surface area (Å²) in [7, 11) is 0. The number of rotatable bonds is 3. The first-order valence-electron chi connectivity index (χ1n) is 6.46. The van der Waals surface area contributed by atoms with Crippen LogP contribution in [0.4, 0.5) is 0 Å². The summed E-state index contributed by atoms with van der Waals surface area (Å²) in [5.74, 6) is 0. The second-order valence-electron chi connectivity index (χ2n) is 4.93. The van der Waals surface area contributed by atoms with Crippen molar-refractivity contribution in [2.45, 2.75) is 26.8 Å². The first kappa shape index (κ1) is 12.5. The van der Waals surface area contributed by atoms with Crippen LogP contribution in [-0.4, -0.2) is 25.0 Å². The zero-order valence-electron chi connectivity index (χ0n) is 11.4. The van der Waals surface area contributed by atoms with E-state index < -0.39 is 0 Å². The highest BCUT2D eigenvalue weighted by molar-refractivity contribution is 5.81. The largest absolute Gasteiger partial charge is 0.298 e. The molecule has 0 aliphatic rings. The van der Waals surface area contributed by atoms with Crippen LogP contribution in [0.2, 0.25) is 0 Å². The molecule has 0 aliphatic carbocycles. The van der Waals surface area contributed by atoms with Gasteiger partial charge in [0.25, 0.3) is 5.56 Å². The van der Waals surface area contributed by atoms with E-state index in [9.17, 15) is 4.79 Å². The molecule has 6 nitrogen and oxygen atoms in total. The van der Waals surface area contributed by atoms with E-state index in [1.807, 2.05) is 26.0 Å². The van der Waals surface area contributed by atoms with Crippen molar-refractivity contribution in [3.8, 4) is 0 Å². The number of fused-ring (bicyclic) bond motifs is 1. The van der Waals surface area contributed by atoms with E-state index >= 15 is 0 Å². The van der Waals surface area contributed by atoms with Crippen LogP contribution in [0.15, 0.2) is 29.5 Å². The predicted octanol–water partition coefficient (Wildman–Crippen LogP) is 1.37. The van der Waals surface area contributed by atoms with Gasteiger partial charge in [-0.25, -0.2) is 4.98 Å². The van der Waals surface area contributed by atoms with E-state index in [-0.39, 0.29) is 5.56 Å². The number of hydrogen-bond donors (Lipinski definition) is 1. The van der Waals surface area contributed by atoms with Crippen LogP contribution >= 0.6 is 0 Å². The lowest BCUT2D eigenvalue weighted by atomic mass is 10.1. The van der Waals surface area contributed by atoms with E-state index in [2.05, 4.69) is 20.4 Å². The van der Waals surface area contributed by atoms with Crippen molar-refractivity contribution in [1.29, 1.82) is 0 Å². The highest BCUT2D eigenvalue weighted by Gasteiger charge is 2.07. The molecular formula is C14H15N5O. The van der Waals surface area contributed by atoms with Gasteiger partial charge in [-0.05, 0) is 31.0 Å². The Morgan fingerprint density at radius 3 is 2.90 bits per heavy atom. The van der Waals surface area contributed by atoms with Gasteiger partial charge in [-0.3, -0.25) is 9.36 Å². The quantitative estimate of drug-likeness (QED) is 0.779. The number of nitrogens with zero attached hydrogens (tertiary/aromatic N) is 4. The second-order valence-corrected chi connectivity index (χ2v) is 4.93. The molecule has 1 aromatic carbocycles. The molecule has 0 amide bonds. The highest BCUT2D eigenvalue weighted by Crippen LogP contribution is 2.14. The normalized spacial score (nSPS) is 11.1. The van der Waals surface area contributed by atoms with Crippen LogP contribution in [0.5, 0.6) is 0 Å². The van der Waals surface area contributed by atoms with Gasteiger partial charge < -0.3 is 0 Å². The van der Waals surface area contributed by atoms with Gasteiger partial charge in [-0.1, -0.05) is 6.07 Å². The van der Waals surface area contributed by atoms with Crippen molar-refractivity contribution in [1.82, 2.24) is 25.0 Å². The molecule has 0 aliphatic heterocycles. The SMILES string of the molecule is Cc1cc(C)c2ncn(CCc3cn[nH]n3)c(=O)c2c1. The van der Waals surface area contributed by atoms with Crippen molar-refractivity contribution >= 4 is 10.9 Å². The third kappa shape index (κ3) is 2.20. The number of aromatic amines is 1. The molecule has 0 radical (unpaired) electrons. The number of aromatic nitrogens is 5. The van der Waals surface area contributed by atoms with E-state index in [4.69, 9.17) is 0 Å². The Labute approximate surface area is 115 Å².